The zero-order chi connectivity index (χ0) is 14.5. The fraction of sp³-hybridized carbons (Fsp3) is 0.222. The van der Waals surface area contributed by atoms with Crippen LogP contribution in [-0.4, -0.2) is 10.2 Å². The van der Waals surface area contributed by atoms with Gasteiger partial charge >= 0.3 is 0 Å². The van der Waals surface area contributed by atoms with Gasteiger partial charge < -0.3 is 10.2 Å². The van der Waals surface area contributed by atoms with E-state index >= 15 is 0 Å². The van der Waals surface area contributed by atoms with Crippen LogP contribution in [0.25, 0.3) is 11.1 Å². The minimum atomic E-state index is 0. The van der Waals surface area contributed by atoms with Crippen LogP contribution in [-0.2, 0) is 0 Å². The Kier molecular flexibility index (Phi) is 6.32. The first kappa shape index (κ1) is 17.1. The molecule has 0 amide bonds. The summed E-state index contributed by atoms with van der Waals surface area (Å²) in [6.07, 6.45) is 1.85. The second-order valence-corrected chi connectivity index (χ2v) is 4.76. The Bertz CT molecular complexity index is 543. The molecule has 0 saturated carbocycles. The number of halogens is 1. The fourth-order valence-corrected chi connectivity index (χ4v) is 2.51. The third kappa shape index (κ3) is 4.02. The highest BCUT2D eigenvalue weighted by atomic mass is 35.5. The number of rotatable bonds is 4. The van der Waals surface area contributed by atoms with Crippen molar-refractivity contribution in [3.05, 3.63) is 59.7 Å². The average Bonchev–Trinajstić information content (AvgIpc) is 2.47. The van der Waals surface area contributed by atoms with E-state index in [0.29, 0.717) is 0 Å². The van der Waals surface area contributed by atoms with Crippen LogP contribution in [0.5, 0.6) is 11.5 Å². The second-order valence-electron chi connectivity index (χ2n) is 4.76. The molecule has 112 valence electrons. The molecule has 0 unspecified atom stereocenters. The van der Waals surface area contributed by atoms with Gasteiger partial charge in [0.2, 0.25) is 0 Å². The van der Waals surface area contributed by atoms with Gasteiger partial charge in [-0.05, 0) is 59.4 Å². The molecule has 2 aromatic rings. The normalized spacial score (nSPS) is 11.5. The summed E-state index contributed by atoms with van der Waals surface area (Å²) < 4.78 is 0. The predicted molar refractivity (Wildman–Crippen MR) is 90.9 cm³/mol. The van der Waals surface area contributed by atoms with Crippen molar-refractivity contribution in [1.82, 2.24) is 0 Å². The third-order valence-electron chi connectivity index (χ3n) is 3.50. The zero-order valence-electron chi connectivity index (χ0n) is 12.3. The van der Waals surface area contributed by atoms with Crippen LogP contribution < -0.4 is 0 Å². The number of aromatic hydroxyl groups is 2. The molecule has 0 spiro atoms. The molecular formula is C18H21ClO2. The van der Waals surface area contributed by atoms with Crippen molar-refractivity contribution in [2.24, 2.45) is 0 Å². The minimum absolute atomic E-state index is 0. The van der Waals surface area contributed by atoms with E-state index in [1.165, 1.54) is 11.1 Å². The molecule has 2 aromatic carbocycles. The number of hydrogen-bond donors (Lipinski definition) is 2. The Morgan fingerprint density at radius 1 is 0.667 bits per heavy atom. The molecule has 0 aromatic heterocycles. The minimum Gasteiger partial charge on any atom is -0.508 e. The maximum absolute atomic E-state index is 9.41. The van der Waals surface area contributed by atoms with Gasteiger partial charge in [0.25, 0.3) is 0 Å². The average molecular weight is 305 g/mol. The summed E-state index contributed by atoms with van der Waals surface area (Å²) in [5.74, 6) is 0.568. The molecule has 0 saturated heterocycles. The second kappa shape index (κ2) is 7.75. The van der Waals surface area contributed by atoms with Crippen molar-refractivity contribution >= 4 is 23.6 Å². The van der Waals surface area contributed by atoms with Crippen molar-refractivity contribution in [2.45, 2.75) is 26.7 Å². The third-order valence-corrected chi connectivity index (χ3v) is 3.50. The van der Waals surface area contributed by atoms with Gasteiger partial charge in [-0.25, -0.2) is 0 Å². The molecule has 0 atom stereocenters. The van der Waals surface area contributed by atoms with Crippen LogP contribution in [0.3, 0.4) is 0 Å². The van der Waals surface area contributed by atoms with Gasteiger partial charge in [-0.1, -0.05) is 38.1 Å². The van der Waals surface area contributed by atoms with E-state index in [-0.39, 0.29) is 23.9 Å². The molecule has 0 aliphatic heterocycles. The summed E-state index contributed by atoms with van der Waals surface area (Å²) in [4.78, 5) is 0. The van der Waals surface area contributed by atoms with E-state index in [4.69, 9.17) is 0 Å². The summed E-state index contributed by atoms with van der Waals surface area (Å²) in [6, 6.07) is 14.7. The fourth-order valence-electron chi connectivity index (χ4n) is 2.51. The van der Waals surface area contributed by atoms with E-state index < -0.39 is 0 Å². The van der Waals surface area contributed by atoms with Crippen molar-refractivity contribution in [3.63, 3.8) is 0 Å². The molecule has 0 fully saturated rings. The standard InChI is InChI=1S/C18H20O2.ClH/c1-3-17(13-5-9-15(19)10-6-13)18(4-2)14-7-11-16(20)12-8-14;/h5-12,19-20H,3-4H2,1-2H3;1H/b18-17+;. The van der Waals surface area contributed by atoms with Gasteiger partial charge in [-0.2, -0.15) is 0 Å². The molecule has 3 heteroatoms. The number of allylic oxidation sites excluding steroid dienone is 2. The van der Waals surface area contributed by atoms with E-state index in [2.05, 4.69) is 13.8 Å². The first-order chi connectivity index (χ1) is 9.65. The molecule has 0 bridgehead atoms. The van der Waals surface area contributed by atoms with Crippen LogP contribution >= 0.6 is 12.4 Å². The summed E-state index contributed by atoms with van der Waals surface area (Å²) in [5.41, 5.74) is 4.82. The maximum atomic E-state index is 9.41. The molecule has 21 heavy (non-hydrogen) atoms. The molecular weight excluding hydrogens is 284 g/mol. The van der Waals surface area contributed by atoms with Crippen molar-refractivity contribution < 1.29 is 10.2 Å². The molecule has 2 N–H and O–H groups in total. The van der Waals surface area contributed by atoms with E-state index in [1.807, 2.05) is 24.3 Å². The lowest BCUT2D eigenvalue weighted by atomic mass is 9.91. The molecule has 2 rings (SSSR count). The maximum Gasteiger partial charge on any atom is 0.115 e. The highest BCUT2D eigenvalue weighted by molar-refractivity contribution is 5.90. The van der Waals surface area contributed by atoms with Gasteiger partial charge in [-0.3, -0.25) is 0 Å². The first-order valence-electron chi connectivity index (χ1n) is 6.96. The lowest BCUT2D eigenvalue weighted by Gasteiger charge is -2.14. The largest absolute Gasteiger partial charge is 0.508 e. The smallest absolute Gasteiger partial charge is 0.115 e. The van der Waals surface area contributed by atoms with E-state index in [1.54, 1.807) is 24.3 Å². The highest BCUT2D eigenvalue weighted by Gasteiger charge is 2.09. The number of benzene rings is 2. The number of phenolic OH excluding ortho intramolecular Hbond substituents is 2. The topological polar surface area (TPSA) is 40.5 Å². The first-order valence-corrected chi connectivity index (χ1v) is 6.96. The highest BCUT2D eigenvalue weighted by Crippen LogP contribution is 2.32. The predicted octanol–water partition coefficient (Wildman–Crippen LogP) is 5.25. The van der Waals surface area contributed by atoms with Crippen molar-refractivity contribution in [1.29, 1.82) is 0 Å². The summed E-state index contributed by atoms with van der Waals surface area (Å²) >= 11 is 0. The lowest BCUT2D eigenvalue weighted by Crippen LogP contribution is -1.91. The monoisotopic (exact) mass is 304 g/mol. The van der Waals surface area contributed by atoms with Gasteiger partial charge in [0.05, 0.1) is 0 Å². The Balaban J connectivity index is 0.00000220. The Morgan fingerprint density at radius 3 is 1.19 bits per heavy atom. The van der Waals surface area contributed by atoms with Crippen LogP contribution in [0.2, 0.25) is 0 Å². The van der Waals surface area contributed by atoms with Gasteiger partial charge in [0.1, 0.15) is 11.5 Å². The number of hydrogen-bond acceptors (Lipinski definition) is 2. The summed E-state index contributed by atoms with van der Waals surface area (Å²) in [7, 11) is 0. The van der Waals surface area contributed by atoms with Crippen LogP contribution in [0, 0.1) is 0 Å². The SMILES string of the molecule is CC/C(=C(/CC)c1ccc(O)cc1)c1ccc(O)cc1.Cl. The summed E-state index contributed by atoms with van der Waals surface area (Å²) in [6.45, 7) is 4.27. The van der Waals surface area contributed by atoms with Gasteiger partial charge in [0, 0.05) is 0 Å². The van der Waals surface area contributed by atoms with Crippen LogP contribution in [0.4, 0.5) is 0 Å². The van der Waals surface area contributed by atoms with E-state index in [9.17, 15) is 10.2 Å². The Hall–Kier alpha value is -1.93. The quantitative estimate of drug-likeness (QED) is 0.757. The zero-order valence-corrected chi connectivity index (χ0v) is 13.2. The molecule has 0 aliphatic rings. The van der Waals surface area contributed by atoms with Crippen LogP contribution in [0.1, 0.15) is 37.8 Å². The van der Waals surface area contributed by atoms with Crippen molar-refractivity contribution in [2.75, 3.05) is 0 Å². The Morgan fingerprint density at radius 2 is 0.952 bits per heavy atom. The molecule has 0 radical (unpaired) electrons. The molecule has 0 heterocycles. The molecule has 2 nitrogen and oxygen atoms in total. The number of phenols is 2. The van der Waals surface area contributed by atoms with Gasteiger partial charge in [-0.15, -0.1) is 12.4 Å². The van der Waals surface area contributed by atoms with Gasteiger partial charge in [0.15, 0.2) is 0 Å². The van der Waals surface area contributed by atoms with E-state index in [0.717, 1.165) is 24.0 Å². The van der Waals surface area contributed by atoms with Crippen LogP contribution in [0.15, 0.2) is 48.5 Å². The molecule has 0 aliphatic carbocycles. The Labute approximate surface area is 132 Å². The van der Waals surface area contributed by atoms with Crippen molar-refractivity contribution in [3.8, 4) is 11.5 Å². The summed E-state index contributed by atoms with van der Waals surface area (Å²) in [5, 5.41) is 18.8. The lowest BCUT2D eigenvalue weighted by molar-refractivity contribution is 0.474.